The van der Waals surface area contributed by atoms with E-state index in [1.807, 2.05) is 69.3 Å². The fraction of sp³-hybridized carbons (Fsp3) is 0.208. The van der Waals surface area contributed by atoms with Crippen LogP contribution in [0.3, 0.4) is 0 Å². The smallest absolute Gasteiger partial charge is 0.241 e. The molecular weight excluding hydrogens is 396 g/mol. The van der Waals surface area contributed by atoms with Crippen LogP contribution in [0.4, 0.5) is 5.69 Å². The fourth-order valence-corrected chi connectivity index (χ4v) is 4.55. The Labute approximate surface area is 178 Å². The predicted octanol–water partition coefficient (Wildman–Crippen LogP) is 4.66. The molecule has 3 aromatic carbocycles. The van der Waals surface area contributed by atoms with Gasteiger partial charge in [-0.25, -0.2) is 13.1 Å². The van der Waals surface area contributed by atoms with E-state index in [2.05, 4.69) is 10.0 Å². The quantitative estimate of drug-likeness (QED) is 0.581. The monoisotopic (exact) mass is 422 g/mol. The van der Waals surface area contributed by atoms with Gasteiger partial charge >= 0.3 is 0 Å². The summed E-state index contributed by atoms with van der Waals surface area (Å²) in [6, 6.07) is 20.9. The van der Waals surface area contributed by atoms with Crippen LogP contribution in [0.25, 0.3) is 0 Å². The van der Waals surface area contributed by atoms with Crippen molar-refractivity contribution in [3.05, 3.63) is 95.1 Å². The largest absolute Gasteiger partial charge is 0.326 e. The van der Waals surface area contributed by atoms with Gasteiger partial charge in [-0.3, -0.25) is 4.79 Å². The third kappa shape index (κ3) is 5.78. The minimum absolute atomic E-state index is 0.0257. The highest BCUT2D eigenvalue weighted by Crippen LogP contribution is 2.22. The van der Waals surface area contributed by atoms with Crippen molar-refractivity contribution in [2.45, 2.75) is 38.1 Å². The summed E-state index contributed by atoms with van der Waals surface area (Å²) < 4.78 is 28.5. The van der Waals surface area contributed by atoms with E-state index in [1.54, 1.807) is 24.3 Å². The van der Waals surface area contributed by atoms with Crippen LogP contribution in [0.15, 0.2) is 77.7 Å². The van der Waals surface area contributed by atoms with E-state index in [-0.39, 0.29) is 17.2 Å². The van der Waals surface area contributed by atoms with E-state index in [0.717, 1.165) is 22.3 Å². The average Bonchev–Trinajstić information content (AvgIpc) is 2.67. The molecule has 0 spiro atoms. The first-order valence-corrected chi connectivity index (χ1v) is 11.2. The molecule has 0 unspecified atom stereocenters. The Morgan fingerprint density at radius 2 is 1.43 bits per heavy atom. The second-order valence-electron chi connectivity index (χ2n) is 7.53. The van der Waals surface area contributed by atoms with Crippen LogP contribution in [0, 0.1) is 20.8 Å². The Morgan fingerprint density at radius 3 is 2.03 bits per heavy atom. The van der Waals surface area contributed by atoms with E-state index >= 15 is 0 Å². The van der Waals surface area contributed by atoms with Gasteiger partial charge in [0.2, 0.25) is 15.9 Å². The number of nitrogens with one attached hydrogen (secondary N) is 2. The molecule has 5 nitrogen and oxygen atoms in total. The van der Waals surface area contributed by atoms with Gasteiger partial charge in [0.25, 0.3) is 0 Å². The molecule has 0 fully saturated rings. The number of rotatable bonds is 7. The lowest BCUT2D eigenvalue weighted by Gasteiger charge is -2.19. The predicted molar refractivity (Wildman–Crippen MR) is 120 cm³/mol. The van der Waals surface area contributed by atoms with Crippen molar-refractivity contribution in [2.75, 3.05) is 5.32 Å². The maximum Gasteiger partial charge on any atom is 0.241 e. The zero-order chi connectivity index (χ0) is 21.7. The summed E-state index contributed by atoms with van der Waals surface area (Å²) in [5.41, 5.74) is 4.49. The number of amides is 1. The van der Waals surface area contributed by atoms with Crippen molar-refractivity contribution in [3.63, 3.8) is 0 Å². The summed E-state index contributed by atoms with van der Waals surface area (Å²) in [7, 11) is -3.79. The van der Waals surface area contributed by atoms with E-state index < -0.39 is 16.1 Å². The fourth-order valence-electron chi connectivity index (χ4n) is 3.33. The van der Waals surface area contributed by atoms with Crippen molar-refractivity contribution in [2.24, 2.45) is 0 Å². The van der Waals surface area contributed by atoms with E-state index in [1.165, 1.54) is 0 Å². The summed E-state index contributed by atoms with van der Waals surface area (Å²) in [6.45, 7) is 5.82. The van der Waals surface area contributed by atoms with Crippen LogP contribution in [-0.4, -0.2) is 14.3 Å². The molecule has 0 saturated carbocycles. The molecule has 3 rings (SSSR count). The summed E-state index contributed by atoms with van der Waals surface area (Å²) in [4.78, 5) is 12.9. The third-order valence-corrected chi connectivity index (χ3v) is 6.21. The number of carbonyl (C=O) groups is 1. The Kier molecular flexibility index (Phi) is 6.70. The molecule has 2 N–H and O–H groups in total. The lowest BCUT2D eigenvalue weighted by atomic mass is 10.0. The van der Waals surface area contributed by atoms with Crippen LogP contribution < -0.4 is 10.0 Å². The number of carbonyl (C=O) groups excluding carboxylic acids is 1. The van der Waals surface area contributed by atoms with Gasteiger partial charge in [0, 0.05) is 12.1 Å². The SMILES string of the molecule is Cc1ccc(S(=O)(=O)N[C@H](CC(=O)Nc2cc(C)cc(C)c2)c2ccccc2)cc1. The molecular formula is C24H26N2O3S. The maximum absolute atomic E-state index is 12.9. The van der Waals surface area contributed by atoms with Crippen molar-refractivity contribution >= 4 is 21.6 Å². The molecule has 0 aliphatic heterocycles. The number of sulfonamides is 1. The Hall–Kier alpha value is -2.96. The minimum Gasteiger partial charge on any atom is -0.326 e. The van der Waals surface area contributed by atoms with Gasteiger partial charge in [-0.15, -0.1) is 0 Å². The van der Waals surface area contributed by atoms with Crippen molar-refractivity contribution < 1.29 is 13.2 Å². The van der Waals surface area contributed by atoms with Crippen LogP contribution in [-0.2, 0) is 14.8 Å². The highest BCUT2D eigenvalue weighted by Gasteiger charge is 2.24. The number of hydrogen-bond acceptors (Lipinski definition) is 3. The number of aryl methyl sites for hydroxylation is 3. The Balaban J connectivity index is 1.82. The van der Waals surface area contributed by atoms with Gasteiger partial charge in [-0.2, -0.15) is 0 Å². The minimum atomic E-state index is -3.79. The average molecular weight is 423 g/mol. The topological polar surface area (TPSA) is 75.3 Å². The lowest BCUT2D eigenvalue weighted by Crippen LogP contribution is -2.31. The molecule has 0 heterocycles. The molecule has 30 heavy (non-hydrogen) atoms. The summed E-state index contributed by atoms with van der Waals surface area (Å²) in [6.07, 6.45) is -0.0257. The van der Waals surface area contributed by atoms with Crippen LogP contribution in [0.2, 0.25) is 0 Å². The van der Waals surface area contributed by atoms with Crippen molar-refractivity contribution in [1.82, 2.24) is 4.72 Å². The zero-order valence-corrected chi connectivity index (χ0v) is 18.2. The molecule has 0 aliphatic rings. The molecule has 0 aromatic heterocycles. The second-order valence-corrected chi connectivity index (χ2v) is 9.24. The Morgan fingerprint density at radius 1 is 0.833 bits per heavy atom. The maximum atomic E-state index is 12.9. The van der Waals surface area contributed by atoms with Gasteiger partial charge < -0.3 is 5.32 Å². The lowest BCUT2D eigenvalue weighted by molar-refractivity contribution is -0.116. The van der Waals surface area contributed by atoms with Crippen molar-refractivity contribution in [1.29, 1.82) is 0 Å². The molecule has 0 aliphatic carbocycles. The molecule has 0 saturated heterocycles. The van der Waals surface area contributed by atoms with Gasteiger partial charge in [-0.05, 0) is 61.7 Å². The molecule has 1 atom stereocenters. The molecule has 0 radical (unpaired) electrons. The second kappa shape index (κ2) is 9.24. The standard InChI is InChI=1S/C24H26N2O3S/c1-17-9-11-22(12-10-17)30(28,29)26-23(20-7-5-4-6-8-20)16-24(27)25-21-14-18(2)13-19(3)15-21/h4-15,23,26H,16H2,1-3H3,(H,25,27)/t23-/m1/s1. The summed E-state index contributed by atoms with van der Waals surface area (Å²) in [5.74, 6) is -0.263. The van der Waals surface area contributed by atoms with Gasteiger partial charge in [0.05, 0.1) is 10.9 Å². The molecule has 1 amide bonds. The first kappa shape index (κ1) is 21.7. The van der Waals surface area contributed by atoms with Gasteiger partial charge in [-0.1, -0.05) is 54.1 Å². The summed E-state index contributed by atoms with van der Waals surface area (Å²) in [5, 5.41) is 2.88. The highest BCUT2D eigenvalue weighted by molar-refractivity contribution is 7.89. The molecule has 6 heteroatoms. The first-order valence-electron chi connectivity index (χ1n) is 9.75. The first-order chi connectivity index (χ1) is 14.2. The van der Waals surface area contributed by atoms with Crippen LogP contribution in [0.5, 0.6) is 0 Å². The number of benzene rings is 3. The molecule has 0 bridgehead atoms. The van der Waals surface area contributed by atoms with Gasteiger partial charge in [0.15, 0.2) is 0 Å². The van der Waals surface area contributed by atoms with Gasteiger partial charge in [0.1, 0.15) is 0 Å². The van der Waals surface area contributed by atoms with Crippen LogP contribution >= 0.6 is 0 Å². The van der Waals surface area contributed by atoms with E-state index in [4.69, 9.17) is 0 Å². The number of anilines is 1. The van der Waals surface area contributed by atoms with E-state index in [0.29, 0.717) is 5.69 Å². The molecule has 156 valence electrons. The third-order valence-electron chi connectivity index (χ3n) is 4.73. The highest BCUT2D eigenvalue weighted by atomic mass is 32.2. The normalized spacial score (nSPS) is 12.4. The van der Waals surface area contributed by atoms with Crippen molar-refractivity contribution in [3.8, 4) is 0 Å². The van der Waals surface area contributed by atoms with Crippen LogP contribution in [0.1, 0.15) is 34.7 Å². The molecule has 3 aromatic rings. The Bertz CT molecular complexity index is 1100. The van der Waals surface area contributed by atoms with E-state index in [9.17, 15) is 13.2 Å². The number of hydrogen-bond donors (Lipinski definition) is 2. The summed E-state index contributed by atoms with van der Waals surface area (Å²) >= 11 is 0. The zero-order valence-electron chi connectivity index (χ0n) is 17.3.